The number of allylic oxidation sites excluding steroid dienone is 1. The Balaban J connectivity index is 2.27. The van der Waals surface area contributed by atoms with Gasteiger partial charge in [-0.2, -0.15) is 0 Å². The Hall–Kier alpha value is -1.04. The van der Waals surface area contributed by atoms with Crippen LogP contribution in [0.25, 0.3) is 0 Å². The van der Waals surface area contributed by atoms with E-state index < -0.39 is 0 Å². The number of hydrogen-bond donors (Lipinski definition) is 0. The highest BCUT2D eigenvalue weighted by Gasteiger charge is 2.39. The fraction of sp³-hybridized carbons (Fsp3) is 0.333. The second kappa shape index (κ2) is 2.01. The van der Waals surface area contributed by atoms with E-state index in [4.69, 9.17) is 0 Å². The SMILES string of the molecule is C=C1C2CCC1c1ccccc12. The van der Waals surface area contributed by atoms with Crippen molar-refractivity contribution in [3.05, 3.63) is 47.5 Å². The second-order valence-corrected chi connectivity index (χ2v) is 3.89. The molecule has 0 amide bonds. The molecule has 0 aliphatic heterocycles. The maximum atomic E-state index is 4.19. The van der Waals surface area contributed by atoms with Gasteiger partial charge >= 0.3 is 0 Å². The van der Waals surface area contributed by atoms with Gasteiger partial charge in [-0.25, -0.2) is 0 Å². The Kier molecular flexibility index (Phi) is 1.08. The number of benzene rings is 1. The lowest BCUT2D eigenvalue weighted by atomic mass is 9.92. The average molecular weight is 156 g/mol. The van der Waals surface area contributed by atoms with Gasteiger partial charge in [-0.3, -0.25) is 0 Å². The van der Waals surface area contributed by atoms with Crippen molar-refractivity contribution in [3.8, 4) is 0 Å². The van der Waals surface area contributed by atoms with E-state index in [-0.39, 0.29) is 0 Å². The van der Waals surface area contributed by atoms with Crippen LogP contribution in [0.15, 0.2) is 36.4 Å². The van der Waals surface area contributed by atoms with Crippen LogP contribution in [0.5, 0.6) is 0 Å². The molecule has 12 heavy (non-hydrogen) atoms. The maximum Gasteiger partial charge on any atom is 0.00548 e. The zero-order valence-corrected chi connectivity index (χ0v) is 7.09. The first-order valence-electron chi connectivity index (χ1n) is 4.65. The molecule has 0 N–H and O–H groups in total. The minimum atomic E-state index is 0.700. The summed E-state index contributed by atoms with van der Waals surface area (Å²) in [5.41, 5.74) is 4.58. The van der Waals surface area contributed by atoms with Gasteiger partial charge in [0.05, 0.1) is 0 Å². The molecule has 0 heterocycles. The molecule has 1 aromatic carbocycles. The maximum absolute atomic E-state index is 4.19. The highest BCUT2D eigenvalue weighted by atomic mass is 14.4. The van der Waals surface area contributed by atoms with Crippen molar-refractivity contribution in [3.63, 3.8) is 0 Å². The summed E-state index contributed by atoms with van der Waals surface area (Å²) >= 11 is 0. The summed E-state index contributed by atoms with van der Waals surface area (Å²) in [5.74, 6) is 1.40. The van der Waals surface area contributed by atoms with Gasteiger partial charge in [0.15, 0.2) is 0 Å². The van der Waals surface area contributed by atoms with E-state index in [1.807, 2.05) is 0 Å². The molecule has 0 radical (unpaired) electrons. The third-order valence-corrected chi connectivity index (χ3v) is 3.39. The lowest BCUT2D eigenvalue weighted by Gasteiger charge is -2.12. The molecule has 0 heteroatoms. The van der Waals surface area contributed by atoms with Crippen LogP contribution in [-0.4, -0.2) is 0 Å². The molecule has 2 atom stereocenters. The van der Waals surface area contributed by atoms with Crippen LogP contribution >= 0.6 is 0 Å². The molecule has 3 rings (SSSR count). The number of hydrogen-bond acceptors (Lipinski definition) is 0. The summed E-state index contributed by atoms with van der Waals surface area (Å²) in [4.78, 5) is 0. The molecule has 0 aromatic heterocycles. The van der Waals surface area contributed by atoms with Gasteiger partial charge in [0.25, 0.3) is 0 Å². The summed E-state index contributed by atoms with van der Waals surface area (Å²) in [6.07, 6.45) is 2.67. The number of rotatable bonds is 0. The first-order chi connectivity index (χ1) is 5.88. The van der Waals surface area contributed by atoms with E-state index in [0.717, 1.165) is 0 Å². The Bertz CT molecular complexity index is 316. The zero-order chi connectivity index (χ0) is 8.13. The van der Waals surface area contributed by atoms with Crippen molar-refractivity contribution in [2.45, 2.75) is 24.7 Å². The molecule has 2 aliphatic rings. The summed E-state index contributed by atoms with van der Waals surface area (Å²) in [6, 6.07) is 8.83. The van der Waals surface area contributed by atoms with Crippen molar-refractivity contribution < 1.29 is 0 Å². The van der Waals surface area contributed by atoms with Gasteiger partial charge in [0.1, 0.15) is 0 Å². The minimum Gasteiger partial charge on any atom is -0.0986 e. The zero-order valence-electron chi connectivity index (χ0n) is 7.09. The first-order valence-corrected chi connectivity index (χ1v) is 4.65. The van der Waals surface area contributed by atoms with E-state index in [1.165, 1.54) is 18.4 Å². The van der Waals surface area contributed by atoms with Gasteiger partial charge in [-0.05, 0) is 24.0 Å². The van der Waals surface area contributed by atoms with Crippen LogP contribution in [0.1, 0.15) is 35.8 Å². The quantitative estimate of drug-likeness (QED) is 0.506. The van der Waals surface area contributed by atoms with Gasteiger partial charge < -0.3 is 0 Å². The Morgan fingerprint density at radius 1 is 1.00 bits per heavy atom. The summed E-state index contributed by atoms with van der Waals surface area (Å²) in [7, 11) is 0. The molecule has 0 saturated heterocycles. The van der Waals surface area contributed by atoms with Gasteiger partial charge in [-0.1, -0.05) is 36.4 Å². The highest BCUT2D eigenvalue weighted by molar-refractivity contribution is 5.51. The van der Waals surface area contributed by atoms with Crippen LogP contribution in [0, 0.1) is 0 Å². The van der Waals surface area contributed by atoms with E-state index >= 15 is 0 Å². The molecule has 1 fully saturated rings. The smallest absolute Gasteiger partial charge is 0.00548 e. The van der Waals surface area contributed by atoms with Crippen LogP contribution in [0.4, 0.5) is 0 Å². The molecule has 1 saturated carbocycles. The largest absolute Gasteiger partial charge is 0.0986 e. The molecular formula is C12H12. The van der Waals surface area contributed by atoms with E-state index in [9.17, 15) is 0 Å². The fourth-order valence-electron chi connectivity index (χ4n) is 2.80. The van der Waals surface area contributed by atoms with Gasteiger partial charge in [0, 0.05) is 11.8 Å². The standard InChI is InChI=1S/C12H12/c1-8-9-6-7-10(8)12-5-3-2-4-11(9)12/h2-5,9-10H,1,6-7H2. The average Bonchev–Trinajstić information content (AvgIpc) is 2.61. The predicted octanol–water partition coefficient (Wildman–Crippen LogP) is 3.22. The summed E-state index contributed by atoms with van der Waals surface area (Å²) < 4.78 is 0. The Labute approximate surface area is 72.9 Å². The summed E-state index contributed by atoms with van der Waals surface area (Å²) in [5, 5.41) is 0. The van der Waals surface area contributed by atoms with Crippen molar-refractivity contribution in [1.82, 2.24) is 0 Å². The van der Waals surface area contributed by atoms with Crippen LogP contribution in [0.3, 0.4) is 0 Å². The van der Waals surface area contributed by atoms with Crippen LogP contribution in [0.2, 0.25) is 0 Å². The summed E-state index contributed by atoms with van der Waals surface area (Å²) in [6.45, 7) is 4.19. The number of fused-ring (bicyclic) bond motifs is 5. The molecular weight excluding hydrogens is 144 g/mol. The van der Waals surface area contributed by atoms with E-state index in [0.29, 0.717) is 11.8 Å². The van der Waals surface area contributed by atoms with E-state index in [2.05, 4.69) is 30.8 Å². The minimum absolute atomic E-state index is 0.700. The predicted molar refractivity (Wildman–Crippen MR) is 50.3 cm³/mol. The molecule has 2 bridgehead atoms. The Morgan fingerprint density at radius 3 is 2.00 bits per heavy atom. The van der Waals surface area contributed by atoms with Gasteiger partial charge in [0.2, 0.25) is 0 Å². The van der Waals surface area contributed by atoms with Crippen molar-refractivity contribution in [1.29, 1.82) is 0 Å². The normalized spacial score (nSPS) is 30.8. The first kappa shape index (κ1) is 6.47. The van der Waals surface area contributed by atoms with E-state index in [1.54, 1.807) is 11.1 Å². The fourth-order valence-corrected chi connectivity index (χ4v) is 2.80. The van der Waals surface area contributed by atoms with Crippen LogP contribution < -0.4 is 0 Å². The topological polar surface area (TPSA) is 0 Å². The molecule has 1 aromatic rings. The third-order valence-electron chi connectivity index (χ3n) is 3.39. The lowest BCUT2D eigenvalue weighted by Crippen LogP contribution is -1.95. The van der Waals surface area contributed by atoms with Crippen molar-refractivity contribution in [2.24, 2.45) is 0 Å². The highest BCUT2D eigenvalue weighted by Crippen LogP contribution is 2.55. The lowest BCUT2D eigenvalue weighted by molar-refractivity contribution is 0.717. The van der Waals surface area contributed by atoms with Gasteiger partial charge in [-0.15, -0.1) is 0 Å². The molecule has 2 unspecified atom stereocenters. The third kappa shape index (κ3) is 0.592. The molecule has 60 valence electrons. The Morgan fingerprint density at radius 2 is 1.50 bits per heavy atom. The second-order valence-electron chi connectivity index (χ2n) is 3.89. The monoisotopic (exact) mass is 156 g/mol. The van der Waals surface area contributed by atoms with Crippen molar-refractivity contribution in [2.75, 3.05) is 0 Å². The van der Waals surface area contributed by atoms with Crippen molar-refractivity contribution >= 4 is 0 Å². The molecule has 2 aliphatic carbocycles. The van der Waals surface area contributed by atoms with Crippen LogP contribution in [-0.2, 0) is 0 Å². The molecule has 0 nitrogen and oxygen atoms in total. The molecule has 0 spiro atoms.